The Kier molecular flexibility index (Phi) is 4.54. The van der Waals surface area contributed by atoms with Crippen molar-refractivity contribution in [3.8, 4) is 0 Å². The summed E-state index contributed by atoms with van der Waals surface area (Å²) in [5, 5.41) is 3.78. The van der Waals surface area contributed by atoms with Crippen LogP contribution in [-0.4, -0.2) is 32.2 Å². The van der Waals surface area contributed by atoms with Gasteiger partial charge in [-0.3, -0.25) is 14.9 Å². The molecule has 0 amide bonds. The van der Waals surface area contributed by atoms with Gasteiger partial charge < -0.3 is 9.47 Å². The van der Waals surface area contributed by atoms with E-state index >= 15 is 0 Å². The summed E-state index contributed by atoms with van der Waals surface area (Å²) in [6.45, 7) is 1.79. The molecule has 1 fully saturated rings. The molecule has 0 spiro atoms. The Labute approximate surface area is 128 Å². The predicted molar refractivity (Wildman–Crippen MR) is 77.9 cm³/mol. The van der Waals surface area contributed by atoms with E-state index in [1.807, 2.05) is 12.1 Å². The molecule has 114 valence electrons. The molecule has 1 aromatic rings. The van der Waals surface area contributed by atoms with Crippen LogP contribution in [0, 0.1) is 5.41 Å². The molecule has 0 unspecified atom stereocenters. The van der Waals surface area contributed by atoms with Crippen LogP contribution in [0.1, 0.15) is 24.9 Å². The van der Waals surface area contributed by atoms with Crippen LogP contribution < -0.4 is 5.32 Å². The lowest BCUT2D eigenvalue weighted by Gasteiger charge is -2.28. The smallest absolute Gasteiger partial charge is 0.322 e. The summed E-state index contributed by atoms with van der Waals surface area (Å²) >= 11 is 5.89. The summed E-state index contributed by atoms with van der Waals surface area (Å²) in [4.78, 5) is 24.0. The average molecular weight is 312 g/mol. The fraction of sp³-hybridized carbons (Fsp3) is 0.467. The fourth-order valence-electron chi connectivity index (χ4n) is 2.83. The third-order valence-corrected chi connectivity index (χ3v) is 4.23. The first kappa shape index (κ1) is 15.8. The van der Waals surface area contributed by atoms with E-state index in [1.54, 1.807) is 19.1 Å². The first-order chi connectivity index (χ1) is 9.92. The quantitative estimate of drug-likeness (QED) is 0.866. The number of carbonyl (C=O) groups is 2. The number of hydrogen-bond donors (Lipinski definition) is 1. The summed E-state index contributed by atoms with van der Waals surface area (Å²) in [5.74, 6) is -0.747. The molecule has 1 aliphatic rings. The Morgan fingerprint density at radius 3 is 2.38 bits per heavy atom. The van der Waals surface area contributed by atoms with Crippen LogP contribution in [0.4, 0.5) is 0 Å². The van der Waals surface area contributed by atoms with Crippen molar-refractivity contribution in [2.75, 3.05) is 14.2 Å². The van der Waals surface area contributed by atoms with Gasteiger partial charge in [-0.25, -0.2) is 0 Å². The Bertz CT molecular complexity index is 545. The van der Waals surface area contributed by atoms with Gasteiger partial charge in [0, 0.05) is 11.1 Å². The van der Waals surface area contributed by atoms with Gasteiger partial charge >= 0.3 is 11.9 Å². The second-order valence-corrected chi connectivity index (χ2v) is 5.78. The van der Waals surface area contributed by atoms with Gasteiger partial charge in [-0.15, -0.1) is 0 Å². The van der Waals surface area contributed by atoms with E-state index in [2.05, 4.69) is 5.32 Å². The van der Waals surface area contributed by atoms with E-state index in [0.717, 1.165) is 5.56 Å². The molecule has 0 aromatic heterocycles. The van der Waals surface area contributed by atoms with Crippen LogP contribution >= 0.6 is 11.6 Å². The minimum Gasteiger partial charge on any atom is -0.469 e. The molecular weight excluding hydrogens is 294 g/mol. The summed E-state index contributed by atoms with van der Waals surface area (Å²) in [7, 11) is 2.67. The lowest BCUT2D eigenvalue weighted by Crippen LogP contribution is -2.35. The van der Waals surface area contributed by atoms with Gasteiger partial charge in [-0.1, -0.05) is 23.7 Å². The number of carbonyl (C=O) groups excluding carboxylic acids is 2. The SMILES string of the molecule is COC(=O)[C@@H]1C[C@](C)(C(=O)OC)[C@H](c2ccc(Cl)cc2)N1. The number of halogens is 1. The third-order valence-electron chi connectivity index (χ3n) is 3.97. The van der Waals surface area contributed by atoms with Crippen molar-refractivity contribution < 1.29 is 19.1 Å². The van der Waals surface area contributed by atoms with Gasteiger partial charge in [0.25, 0.3) is 0 Å². The lowest BCUT2D eigenvalue weighted by atomic mass is 9.78. The Morgan fingerprint density at radius 1 is 1.24 bits per heavy atom. The van der Waals surface area contributed by atoms with E-state index in [0.29, 0.717) is 11.4 Å². The van der Waals surface area contributed by atoms with Crippen LogP contribution in [0.25, 0.3) is 0 Å². The maximum atomic E-state index is 12.2. The highest BCUT2D eigenvalue weighted by molar-refractivity contribution is 6.30. The van der Waals surface area contributed by atoms with Crippen molar-refractivity contribution >= 4 is 23.5 Å². The van der Waals surface area contributed by atoms with Gasteiger partial charge in [0.1, 0.15) is 6.04 Å². The van der Waals surface area contributed by atoms with E-state index in [9.17, 15) is 9.59 Å². The van der Waals surface area contributed by atoms with Crippen LogP contribution in [-0.2, 0) is 19.1 Å². The van der Waals surface area contributed by atoms with Gasteiger partial charge in [0.2, 0.25) is 0 Å². The van der Waals surface area contributed by atoms with Crippen molar-refractivity contribution in [3.05, 3.63) is 34.9 Å². The Morgan fingerprint density at radius 2 is 1.86 bits per heavy atom. The molecule has 1 aliphatic heterocycles. The molecule has 1 aromatic carbocycles. The second-order valence-electron chi connectivity index (χ2n) is 5.34. The highest BCUT2D eigenvalue weighted by atomic mass is 35.5. The number of methoxy groups -OCH3 is 2. The lowest BCUT2D eigenvalue weighted by molar-refractivity contribution is -0.152. The molecule has 3 atom stereocenters. The largest absolute Gasteiger partial charge is 0.469 e. The molecule has 2 rings (SSSR count). The van der Waals surface area contributed by atoms with Crippen LogP contribution in [0.15, 0.2) is 24.3 Å². The van der Waals surface area contributed by atoms with E-state index in [4.69, 9.17) is 21.1 Å². The molecule has 1 N–H and O–H groups in total. The topological polar surface area (TPSA) is 64.6 Å². The van der Waals surface area contributed by atoms with E-state index in [-0.39, 0.29) is 18.0 Å². The van der Waals surface area contributed by atoms with Gasteiger partial charge in [0.15, 0.2) is 0 Å². The van der Waals surface area contributed by atoms with E-state index < -0.39 is 11.5 Å². The molecule has 1 saturated heterocycles. The fourth-order valence-corrected chi connectivity index (χ4v) is 2.96. The zero-order chi connectivity index (χ0) is 15.6. The molecule has 0 bridgehead atoms. The monoisotopic (exact) mass is 311 g/mol. The average Bonchev–Trinajstić information content (AvgIpc) is 2.85. The normalized spacial score (nSPS) is 28.2. The standard InChI is InChI=1S/C15H18ClNO4/c1-15(14(19)21-3)8-11(13(18)20-2)17-12(15)9-4-6-10(16)7-5-9/h4-7,11-12,17H,8H2,1-3H3/t11-,12-,15-/m0/s1. The Hall–Kier alpha value is -1.59. The predicted octanol–water partition coefficient (Wildman–Crippen LogP) is 2.10. The summed E-state index contributed by atoms with van der Waals surface area (Å²) in [5.41, 5.74) is 0.0280. The van der Waals surface area contributed by atoms with Crippen molar-refractivity contribution in [1.82, 2.24) is 5.32 Å². The summed E-state index contributed by atoms with van der Waals surface area (Å²) in [6, 6.07) is 6.29. The maximum Gasteiger partial charge on any atom is 0.322 e. The Balaban J connectivity index is 2.37. The van der Waals surface area contributed by atoms with Crippen LogP contribution in [0.2, 0.25) is 5.02 Å². The van der Waals surface area contributed by atoms with Gasteiger partial charge in [-0.05, 0) is 31.0 Å². The molecule has 0 saturated carbocycles. The zero-order valence-electron chi connectivity index (χ0n) is 12.2. The van der Waals surface area contributed by atoms with Crippen LogP contribution in [0.3, 0.4) is 0 Å². The highest BCUT2D eigenvalue weighted by Crippen LogP contribution is 2.44. The minimum absolute atomic E-state index is 0.319. The van der Waals surface area contributed by atoms with Crippen molar-refractivity contribution in [3.63, 3.8) is 0 Å². The van der Waals surface area contributed by atoms with Crippen molar-refractivity contribution in [2.45, 2.75) is 25.4 Å². The number of nitrogens with one attached hydrogen (secondary N) is 1. The van der Waals surface area contributed by atoms with Crippen molar-refractivity contribution in [2.24, 2.45) is 5.41 Å². The molecule has 6 heteroatoms. The number of ether oxygens (including phenoxy) is 2. The van der Waals surface area contributed by atoms with Gasteiger partial charge in [0.05, 0.1) is 19.6 Å². The molecule has 1 heterocycles. The van der Waals surface area contributed by atoms with E-state index in [1.165, 1.54) is 14.2 Å². The molecule has 0 radical (unpaired) electrons. The highest BCUT2D eigenvalue weighted by Gasteiger charge is 2.52. The molecule has 5 nitrogen and oxygen atoms in total. The zero-order valence-corrected chi connectivity index (χ0v) is 12.9. The molecular formula is C15H18ClNO4. The number of rotatable bonds is 3. The first-order valence-corrected chi connectivity index (χ1v) is 6.98. The number of hydrogen-bond acceptors (Lipinski definition) is 5. The second kappa shape index (κ2) is 6.03. The van der Waals surface area contributed by atoms with Gasteiger partial charge in [-0.2, -0.15) is 0 Å². The molecule has 21 heavy (non-hydrogen) atoms. The summed E-state index contributed by atoms with van der Waals surface area (Å²) in [6.07, 6.45) is 0.319. The molecule has 0 aliphatic carbocycles. The number of esters is 2. The first-order valence-electron chi connectivity index (χ1n) is 6.60. The van der Waals surface area contributed by atoms with Crippen LogP contribution in [0.5, 0.6) is 0 Å². The summed E-state index contributed by atoms with van der Waals surface area (Å²) < 4.78 is 9.69. The van der Waals surface area contributed by atoms with Crippen molar-refractivity contribution in [1.29, 1.82) is 0 Å². The maximum absolute atomic E-state index is 12.2. The number of benzene rings is 1. The third kappa shape index (κ3) is 2.89. The minimum atomic E-state index is -0.846.